The van der Waals surface area contributed by atoms with Gasteiger partial charge in [-0.2, -0.15) is 0 Å². The van der Waals surface area contributed by atoms with E-state index in [1.54, 1.807) is 0 Å². The van der Waals surface area contributed by atoms with Crippen molar-refractivity contribution >= 4 is 39.1 Å². The molecule has 55 heavy (non-hydrogen) atoms. The number of hydrogen-bond acceptors (Lipinski definition) is 3. The summed E-state index contributed by atoms with van der Waals surface area (Å²) in [4.78, 5) is 12.9. The Bertz CT molecular complexity index is 2800. The fourth-order valence-corrected chi connectivity index (χ4v) is 8.81. The molecule has 1 aliphatic heterocycles. The normalized spacial score (nSPS) is 13.8. The number of nitrogens with zero attached hydrogens (tertiary/aromatic N) is 3. The van der Waals surface area contributed by atoms with Gasteiger partial charge in [0.25, 0.3) is 0 Å². The monoisotopic (exact) mass is 703 g/mol. The molecule has 0 radical (unpaired) electrons. The van der Waals surface area contributed by atoms with Gasteiger partial charge in [-0.25, -0.2) is 9.97 Å². The van der Waals surface area contributed by atoms with E-state index in [1.165, 1.54) is 44.8 Å². The largest absolute Gasteiger partial charge is 0.310 e. The van der Waals surface area contributed by atoms with Gasteiger partial charge in [0.05, 0.1) is 28.0 Å². The van der Waals surface area contributed by atoms with Crippen LogP contribution in [0.3, 0.4) is 0 Å². The first-order chi connectivity index (χ1) is 27.2. The summed E-state index contributed by atoms with van der Waals surface area (Å²) in [5, 5.41) is 0.976. The number of allylic oxidation sites excluding steroid dienone is 5. The van der Waals surface area contributed by atoms with Crippen molar-refractivity contribution in [3.63, 3.8) is 0 Å². The molecule has 1 aliphatic carbocycles. The van der Waals surface area contributed by atoms with Crippen LogP contribution in [0.25, 0.3) is 44.6 Å². The maximum absolute atomic E-state index is 5.31. The van der Waals surface area contributed by atoms with Gasteiger partial charge >= 0.3 is 0 Å². The van der Waals surface area contributed by atoms with Crippen molar-refractivity contribution < 1.29 is 0 Å². The highest BCUT2D eigenvalue weighted by atomic mass is 15.2. The first-order valence-electron chi connectivity index (χ1n) is 18.8. The van der Waals surface area contributed by atoms with Crippen LogP contribution in [0.4, 0.5) is 17.1 Å². The van der Waals surface area contributed by atoms with Crippen molar-refractivity contribution in [2.75, 3.05) is 4.90 Å². The second kappa shape index (κ2) is 13.1. The van der Waals surface area contributed by atoms with Crippen LogP contribution in [0.5, 0.6) is 0 Å². The highest BCUT2D eigenvalue weighted by Crippen LogP contribution is 2.63. The molecule has 0 unspecified atom stereocenters. The minimum absolute atomic E-state index is 0.563. The van der Waals surface area contributed by atoms with Crippen molar-refractivity contribution in [3.8, 4) is 22.5 Å². The molecule has 3 nitrogen and oxygen atoms in total. The third-order valence-electron chi connectivity index (χ3n) is 11.2. The number of benzene rings is 7. The highest BCUT2D eigenvalue weighted by molar-refractivity contribution is 5.97. The number of anilines is 3. The maximum atomic E-state index is 5.31. The summed E-state index contributed by atoms with van der Waals surface area (Å²) in [6, 6.07) is 62.9. The second-order valence-electron chi connectivity index (χ2n) is 14.1. The van der Waals surface area contributed by atoms with E-state index in [4.69, 9.17) is 9.97 Å². The summed E-state index contributed by atoms with van der Waals surface area (Å²) >= 11 is 0. The molecule has 0 N–H and O–H groups in total. The molecule has 0 atom stereocenters. The van der Waals surface area contributed by atoms with Crippen LogP contribution in [0.15, 0.2) is 201 Å². The molecule has 3 heteroatoms. The van der Waals surface area contributed by atoms with Crippen LogP contribution < -0.4 is 4.90 Å². The molecule has 7 aromatic carbocycles. The lowest BCUT2D eigenvalue weighted by Gasteiger charge is -2.45. The predicted octanol–water partition coefficient (Wildman–Crippen LogP) is 13.1. The molecule has 0 saturated carbocycles. The molecular formula is C52H37N3. The lowest BCUT2D eigenvalue weighted by atomic mass is 9.64. The Labute approximate surface area is 321 Å². The molecule has 10 rings (SSSR count). The summed E-state index contributed by atoms with van der Waals surface area (Å²) in [5.74, 6) is 0.676. The molecule has 1 aromatic heterocycles. The van der Waals surface area contributed by atoms with Crippen molar-refractivity contribution in [1.82, 2.24) is 9.97 Å². The first kappa shape index (κ1) is 32.5. The van der Waals surface area contributed by atoms with E-state index in [0.717, 1.165) is 44.6 Å². The van der Waals surface area contributed by atoms with Crippen LogP contribution in [0.1, 0.15) is 40.4 Å². The summed E-state index contributed by atoms with van der Waals surface area (Å²) in [5.41, 5.74) is 16.2. The third-order valence-corrected chi connectivity index (χ3v) is 11.2. The maximum Gasteiger partial charge on any atom is 0.160 e. The highest BCUT2D eigenvalue weighted by Gasteiger charge is 2.51. The van der Waals surface area contributed by atoms with Crippen LogP contribution in [-0.2, 0) is 5.41 Å². The van der Waals surface area contributed by atoms with E-state index >= 15 is 0 Å². The SMILES string of the molecule is C=C(/C=C\C(=C/C)c1ccccc1)c1nc(-c2ccc3c(c2)C2(c4ccccc4-3)c3ccccc3N(c3ccccc3)c3ccccc32)nc2ccccc12. The van der Waals surface area contributed by atoms with Crippen LogP contribution in [0.2, 0.25) is 0 Å². The van der Waals surface area contributed by atoms with E-state index in [9.17, 15) is 0 Å². The fraction of sp³-hybridized carbons (Fsp3) is 0.0385. The Balaban J connectivity index is 1.17. The summed E-state index contributed by atoms with van der Waals surface area (Å²) in [6.07, 6.45) is 6.33. The Kier molecular flexibility index (Phi) is 7.74. The van der Waals surface area contributed by atoms with Gasteiger partial charge in [-0.3, -0.25) is 0 Å². The van der Waals surface area contributed by atoms with Gasteiger partial charge in [-0.05, 0) is 93.4 Å². The number of para-hydroxylation sites is 4. The van der Waals surface area contributed by atoms with Crippen LogP contribution in [0, 0.1) is 0 Å². The lowest BCUT2D eigenvalue weighted by Crippen LogP contribution is -2.36. The summed E-state index contributed by atoms with van der Waals surface area (Å²) < 4.78 is 0. The molecule has 0 fully saturated rings. The zero-order valence-corrected chi connectivity index (χ0v) is 30.5. The van der Waals surface area contributed by atoms with Crippen molar-refractivity contribution in [2.24, 2.45) is 0 Å². The van der Waals surface area contributed by atoms with E-state index < -0.39 is 5.41 Å². The van der Waals surface area contributed by atoms with E-state index in [1.807, 2.05) is 18.2 Å². The smallest absolute Gasteiger partial charge is 0.160 e. The van der Waals surface area contributed by atoms with Gasteiger partial charge in [-0.15, -0.1) is 0 Å². The Hall–Kier alpha value is -7.10. The molecule has 0 bridgehead atoms. The number of rotatable bonds is 6. The Morgan fingerprint density at radius 1 is 0.564 bits per heavy atom. The molecule has 8 aromatic rings. The van der Waals surface area contributed by atoms with Gasteiger partial charge < -0.3 is 4.90 Å². The molecule has 2 heterocycles. The van der Waals surface area contributed by atoms with Crippen LogP contribution in [-0.4, -0.2) is 9.97 Å². The minimum Gasteiger partial charge on any atom is -0.310 e. The van der Waals surface area contributed by atoms with Crippen molar-refractivity contribution in [2.45, 2.75) is 12.3 Å². The average molecular weight is 704 g/mol. The van der Waals surface area contributed by atoms with Gasteiger partial charge in [0.15, 0.2) is 5.82 Å². The predicted molar refractivity (Wildman–Crippen MR) is 229 cm³/mol. The number of fused-ring (bicyclic) bond motifs is 10. The number of hydrogen-bond donors (Lipinski definition) is 0. The summed E-state index contributed by atoms with van der Waals surface area (Å²) in [6.45, 7) is 6.60. The van der Waals surface area contributed by atoms with Crippen molar-refractivity contribution in [3.05, 3.63) is 234 Å². The second-order valence-corrected chi connectivity index (χ2v) is 14.1. The Morgan fingerprint density at radius 3 is 1.89 bits per heavy atom. The lowest BCUT2D eigenvalue weighted by molar-refractivity contribution is 0.753. The van der Waals surface area contributed by atoms with Gasteiger partial charge in [0.1, 0.15) is 0 Å². The Morgan fingerprint density at radius 2 is 1.16 bits per heavy atom. The fourth-order valence-electron chi connectivity index (χ4n) is 8.81. The molecule has 260 valence electrons. The zero-order chi connectivity index (χ0) is 36.9. The molecule has 0 amide bonds. The number of aromatic nitrogens is 2. The molecule has 1 spiro atoms. The van der Waals surface area contributed by atoms with Crippen molar-refractivity contribution in [1.29, 1.82) is 0 Å². The topological polar surface area (TPSA) is 29.0 Å². The van der Waals surface area contributed by atoms with Gasteiger partial charge in [0, 0.05) is 16.6 Å². The quantitative estimate of drug-likeness (QED) is 0.161. The average Bonchev–Trinajstić information content (AvgIpc) is 3.54. The standard InChI is InChI=1S/C52H37N3/c1-3-36(37-18-6-4-7-19-37)31-30-35(2)50-42-23-11-15-27-47(42)53-51(54-50)38-32-33-41-40-22-10-12-24-43(40)52(46(41)34-38)44-25-13-16-28-48(44)55(39-20-8-5-9-21-39)49-29-17-14-26-45(49)52/h3-34H,2H2,1H3/b31-30-,36-3+. The molecule has 0 saturated heterocycles. The van der Waals surface area contributed by atoms with E-state index in [-0.39, 0.29) is 0 Å². The van der Waals surface area contributed by atoms with Gasteiger partial charge in [-0.1, -0.05) is 164 Å². The summed E-state index contributed by atoms with van der Waals surface area (Å²) in [7, 11) is 0. The molecular weight excluding hydrogens is 667 g/mol. The minimum atomic E-state index is -0.563. The van der Waals surface area contributed by atoms with E-state index in [2.05, 4.69) is 194 Å². The van der Waals surface area contributed by atoms with E-state index in [0.29, 0.717) is 5.82 Å². The third kappa shape index (κ3) is 5.04. The zero-order valence-electron chi connectivity index (χ0n) is 30.5. The van der Waals surface area contributed by atoms with Crippen LogP contribution >= 0.6 is 0 Å². The van der Waals surface area contributed by atoms with Gasteiger partial charge in [0.2, 0.25) is 0 Å². The first-order valence-corrected chi connectivity index (χ1v) is 18.8. The molecule has 2 aliphatic rings.